The van der Waals surface area contributed by atoms with Crippen LogP contribution >= 0.6 is 0 Å². The Morgan fingerprint density at radius 1 is 1.62 bits per heavy atom. The van der Waals surface area contributed by atoms with Crippen LogP contribution in [0.15, 0.2) is 18.3 Å². The summed E-state index contributed by atoms with van der Waals surface area (Å²) in [7, 11) is 0. The molecule has 0 spiro atoms. The molecule has 0 amide bonds. The molecule has 0 saturated heterocycles. The van der Waals surface area contributed by atoms with Crippen LogP contribution in [0, 0.1) is 19.3 Å². The number of nitrogens with zero attached hydrogens (tertiary/aromatic N) is 3. The van der Waals surface area contributed by atoms with E-state index in [2.05, 4.69) is 21.3 Å². The summed E-state index contributed by atoms with van der Waals surface area (Å²) >= 11 is 0. The molecule has 0 aliphatic carbocycles. The molecule has 4 nitrogen and oxygen atoms in total. The molecular weight excluding hydrogens is 200 g/mol. The molecule has 0 radical (unpaired) electrons. The maximum Gasteiger partial charge on any atom is 0.244 e. The third kappa shape index (κ3) is 1.98. The van der Waals surface area contributed by atoms with E-state index in [0.29, 0.717) is 5.95 Å². The monoisotopic (exact) mass is 214 g/mol. The van der Waals surface area contributed by atoms with Gasteiger partial charge in [0.05, 0.1) is 6.04 Å². The Kier molecular flexibility index (Phi) is 2.78. The number of hydrogen-bond donors (Lipinski definition) is 1. The molecule has 1 N–H and O–H groups in total. The summed E-state index contributed by atoms with van der Waals surface area (Å²) in [5.74, 6) is 3.23. The van der Waals surface area contributed by atoms with Crippen molar-refractivity contribution in [3.63, 3.8) is 0 Å². The van der Waals surface area contributed by atoms with Crippen molar-refractivity contribution < 1.29 is 0 Å². The molecule has 2 aromatic rings. The first kappa shape index (κ1) is 10.5. The Balaban J connectivity index is 2.30. The van der Waals surface area contributed by atoms with Gasteiger partial charge < -0.3 is 5.32 Å². The van der Waals surface area contributed by atoms with Gasteiger partial charge in [-0.15, -0.1) is 11.5 Å². The van der Waals surface area contributed by atoms with Crippen molar-refractivity contribution in [1.82, 2.24) is 14.6 Å². The SMILES string of the molecule is C#CC(CC)Nc1nc2cc(C)ccn2n1. The minimum Gasteiger partial charge on any atom is -0.339 e. The van der Waals surface area contributed by atoms with Gasteiger partial charge in [0.1, 0.15) is 0 Å². The van der Waals surface area contributed by atoms with Gasteiger partial charge in [0.2, 0.25) is 5.95 Å². The Bertz CT molecular complexity index is 535. The molecule has 4 heteroatoms. The van der Waals surface area contributed by atoms with Crippen LogP contribution in [-0.2, 0) is 0 Å². The van der Waals surface area contributed by atoms with E-state index in [0.717, 1.165) is 17.6 Å². The molecule has 16 heavy (non-hydrogen) atoms. The molecule has 2 rings (SSSR count). The van der Waals surface area contributed by atoms with Crippen molar-refractivity contribution in [3.8, 4) is 12.3 Å². The van der Waals surface area contributed by atoms with Gasteiger partial charge in [-0.2, -0.15) is 4.98 Å². The molecule has 82 valence electrons. The van der Waals surface area contributed by atoms with Crippen molar-refractivity contribution in [2.75, 3.05) is 5.32 Å². The van der Waals surface area contributed by atoms with Gasteiger partial charge in [0.25, 0.3) is 0 Å². The number of pyridine rings is 1. The van der Waals surface area contributed by atoms with Crippen molar-refractivity contribution in [1.29, 1.82) is 0 Å². The summed E-state index contributed by atoms with van der Waals surface area (Å²) in [6, 6.07) is 3.96. The van der Waals surface area contributed by atoms with E-state index < -0.39 is 0 Å². The first-order valence-electron chi connectivity index (χ1n) is 5.28. The van der Waals surface area contributed by atoms with Crippen LogP contribution in [0.5, 0.6) is 0 Å². The van der Waals surface area contributed by atoms with Crippen molar-refractivity contribution in [3.05, 3.63) is 23.9 Å². The van der Waals surface area contributed by atoms with Crippen LogP contribution in [0.1, 0.15) is 18.9 Å². The third-order valence-electron chi connectivity index (χ3n) is 2.41. The highest BCUT2D eigenvalue weighted by Crippen LogP contribution is 2.08. The highest BCUT2D eigenvalue weighted by atomic mass is 15.3. The van der Waals surface area contributed by atoms with Gasteiger partial charge in [0.15, 0.2) is 5.65 Å². The first-order valence-corrected chi connectivity index (χ1v) is 5.28. The van der Waals surface area contributed by atoms with E-state index in [4.69, 9.17) is 6.42 Å². The lowest BCUT2D eigenvalue weighted by Gasteiger charge is -2.06. The van der Waals surface area contributed by atoms with E-state index in [1.807, 2.05) is 32.2 Å². The van der Waals surface area contributed by atoms with E-state index in [1.54, 1.807) is 4.52 Å². The van der Waals surface area contributed by atoms with Crippen LogP contribution in [0.25, 0.3) is 5.65 Å². The lowest BCUT2D eigenvalue weighted by atomic mass is 10.2. The minimum atomic E-state index is -0.0153. The van der Waals surface area contributed by atoms with Gasteiger partial charge in [-0.25, -0.2) is 4.52 Å². The standard InChI is InChI=1S/C12H14N4/c1-4-10(5-2)13-12-14-11-8-9(3)6-7-16(11)15-12/h1,6-8,10H,5H2,2-3H3,(H,13,15). The summed E-state index contributed by atoms with van der Waals surface area (Å²) in [4.78, 5) is 4.35. The van der Waals surface area contributed by atoms with E-state index in [9.17, 15) is 0 Å². The predicted octanol–water partition coefficient (Wildman–Crippen LogP) is 1.86. The molecule has 0 fully saturated rings. The van der Waals surface area contributed by atoms with E-state index >= 15 is 0 Å². The van der Waals surface area contributed by atoms with Crippen LogP contribution in [0.2, 0.25) is 0 Å². The molecule has 0 saturated carbocycles. The summed E-state index contributed by atoms with van der Waals surface area (Å²) in [6.07, 6.45) is 8.12. The lowest BCUT2D eigenvalue weighted by Crippen LogP contribution is -2.16. The quantitative estimate of drug-likeness (QED) is 0.793. The number of hydrogen-bond acceptors (Lipinski definition) is 3. The normalized spacial score (nSPS) is 12.3. The number of fused-ring (bicyclic) bond motifs is 1. The first-order chi connectivity index (χ1) is 7.72. The molecule has 0 aromatic carbocycles. The van der Waals surface area contributed by atoms with Gasteiger partial charge >= 0.3 is 0 Å². The fourth-order valence-electron chi connectivity index (χ4n) is 1.46. The van der Waals surface area contributed by atoms with Gasteiger partial charge in [0, 0.05) is 6.20 Å². The van der Waals surface area contributed by atoms with Crippen LogP contribution in [0.3, 0.4) is 0 Å². The number of terminal acetylenes is 1. The Labute approximate surface area is 94.7 Å². The van der Waals surface area contributed by atoms with Gasteiger partial charge in [-0.05, 0) is 31.0 Å². The maximum atomic E-state index is 5.37. The minimum absolute atomic E-state index is 0.0153. The predicted molar refractivity (Wildman–Crippen MR) is 64.3 cm³/mol. The number of anilines is 1. The average molecular weight is 214 g/mol. The Morgan fingerprint density at radius 2 is 2.44 bits per heavy atom. The zero-order chi connectivity index (χ0) is 11.5. The fourth-order valence-corrected chi connectivity index (χ4v) is 1.46. The van der Waals surface area contributed by atoms with Crippen LogP contribution < -0.4 is 5.32 Å². The molecule has 1 atom stereocenters. The molecule has 2 aromatic heterocycles. The topological polar surface area (TPSA) is 42.2 Å². The second-order valence-corrected chi connectivity index (χ2v) is 3.71. The van der Waals surface area contributed by atoms with E-state index in [1.165, 1.54) is 0 Å². The lowest BCUT2D eigenvalue weighted by molar-refractivity contribution is 0.836. The Morgan fingerprint density at radius 3 is 3.12 bits per heavy atom. The zero-order valence-electron chi connectivity index (χ0n) is 9.44. The number of aryl methyl sites for hydroxylation is 1. The molecular formula is C12H14N4. The summed E-state index contributed by atoms with van der Waals surface area (Å²) in [5, 5.41) is 7.40. The maximum absolute atomic E-state index is 5.37. The zero-order valence-corrected chi connectivity index (χ0v) is 9.44. The number of rotatable bonds is 3. The third-order valence-corrected chi connectivity index (χ3v) is 2.41. The molecule has 0 aliphatic rings. The van der Waals surface area contributed by atoms with Crippen molar-refractivity contribution >= 4 is 11.6 Å². The van der Waals surface area contributed by atoms with Crippen molar-refractivity contribution in [2.24, 2.45) is 0 Å². The molecule has 0 bridgehead atoms. The second-order valence-electron chi connectivity index (χ2n) is 3.71. The largest absolute Gasteiger partial charge is 0.339 e. The van der Waals surface area contributed by atoms with Gasteiger partial charge in [-0.3, -0.25) is 0 Å². The van der Waals surface area contributed by atoms with E-state index in [-0.39, 0.29) is 6.04 Å². The summed E-state index contributed by atoms with van der Waals surface area (Å²) in [6.45, 7) is 4.05. The molecule has 0 aliphatic heterocycles. The fraction of sp³-hybridized carbons (Fsp3) is 0.333. The summed E-state index contributed by atoms with van der Waals surface area (Å²) < 4.78 is 1.73. The highest BCUT2D eigenvalue weighted by Gasteiger charge is 2.07. The van der Waals surface area contributed by atoms with Crippen LogP contribution in [-0.4, -0.2) is 20.6 Å². The van der Waals surface area contributed by atoms with Gasteiger partial charge in [-0.1, -0.05) is 12.8 Å². The summed E-state index contributed by atoms with van der Waals surface area (Å²) in [5.41, 5.74) is 1.99. The highest BCUT2D eigenvalue weighted by molar-refractivity contribution is 5.46. The molecule has 2 heterocycles. The average Bonchev–Trinajstić information content (AvgIpc) is 2.67. The molecule has 1 unspecified atom stereocenters. The second kappa shape index (κ2) is 4.23. The Hall–Kier alpha value is -2.02. The number of nitrogens with one attached hydrogen (secondary N) is 1. The smallest absolute Gasteiger partial charge is 0.244 e. The van der Waals surface area contributed by atoms with Crippen LogP contribution in [0.4, 0.5) is 5.95 Å². The van der Waals surface area contributed by atoms with Crippen molar-refractivity contribution in [2.45, 2.75) is 26.3 Å². The number of aromatic nitrogens is 3.